The number of fused-ring (bicyclic) bond motifs is 4. The average Bonchev–Trinajstić information content (AvgIpc) is 3.69. The van der Waals surface area contributed by atoms with Gasteiger partial charge in [0.15, 0.2) is 11.5 Å². The predicted molar refractivity (Wildman–Crippen MR) is 218 cm³/mol. The highest BCUT2D eigenvalue weighted by molar-refractivity contribution is 7.92. The summed E-state index contributed by atoms with van der Waals surface area (Å²) in [6, 6.07) is 14.0. The highest BCUT2D eigenvalue weighted by atomic mass is 35.5. The van der Waals surface area contributed by atoms with Crippen LogP contribution in [0.4, 0.5) is 24.5 Å². The van der Waals surface area contributed by atoms with Gasteiger partial charge in [0.05, 0.1) is 40.0 Å². The molecule has 0 aliphatic carbocycles. The Bertz CT molecular complexity index is 3010. The van der Waals surface area contributed by atoms with Crippen molar-refractivity contribution in [3.8, 4) is 11.5 Å². The number of sulfonamides is 2. The summed E-state index contributed by atoms with van der Waals surface area (Å²) in [6.45, 7) is -0.0566. The second-order valence-electron chi connectivity index (χ2n) is 14.2. The number of phenols is 2. The number of rotatable bonds is 8. The molecule has 2 aliphatic rings. The fourth-order valence-corrected chi connectivity index (χ4v) is 8.54. The van der Waals surface area contributed by atoms with Crippen molar-refractivity contribution in [2.24, 2.45) is 0 Å². The Balaban J connectivity index is 0.000000182. The Hall–Kier alpha value is -6.18. The highest BCUT2D eigenvalue weighted by Crippen LogP contribution is 2.46. The minimum absolute atomic E-state index is 0.0206. The van der Waals surface area contributed by atoms with Crippen LogP contribution in [0, 0.1) is 17.5 Å². The largest absolute Gasteiger partial charge is 0.505 e. The number of anilines is 2. The SMILES string of the molecule is CN(c1c2c(c(O)c3ncccc13)C(=O)N(Cc1cc(Cl)c(F)cc1F)C2)S(C)(=O)=O.CN(c1c2c(c(O)c3ncccc13)C(=O)N(Cc1ccc(F)cc1)C2)S(C)(=O)=O. The van der Waals surface area contributed by atoms with E-state index in [9.17, 15) is 49.8 Å². The van der Waals surface area contributed by atoms with Gasteiger partial charge in [-0.15, -0.1) is 0 Å². The maximum atomic E-state index is 14.2. The van der Waals surface area contributed by atoms with E-state index in [1.165, 1.54) is 48.4 Å². The van der Waals surface area contributed by atoms with Crippen LogP contribution in [0.2, 0.25) is 5.02 Å². The lowest BCUT2D eigenvalue weighted by Crippen LogP contribution is -2.26. The number of hydrogen-bond donors (Lipinski definition) is 2. The predicted octanol–water partition coefficient (Wildman–Crippen LogP) is 6.06. The Morgan fingerprint density at radius 2 is 1.15 bits per heavy atom. The minimum atomic E-state index is -3.72. The van der Waals surface area contributed by atoms with E-state index in [0.29, 0.717) is 33.7 Å². The summed E-state index contributed by atoms with van der Waals surface area (Å²) >= 11 is 5.74. The first-order chi connectivity index (χ1) is 28.2. The van der Waals surface area contributed by atoms with Gasteiger partial charge in [0.25, 0.3) is 11.8 Å². The van der Waals surface area contributed by atoms with Crippen molar-refractivity contribution in [3.05, 3.63) is 129 Å². The first-order valence-electron chi connectivity index (χ1n) is 17.8. The molecule has 0 saturated carbocycles. The average molecular weight is 883 g/mol. The number of hydrogen-bond acceptors (Lipinski definition) is 10. The van der Waals surface area contributed by atoms with Crippen LogP contribution >= 0.6 is 11.6 Å². The summed E-state index contributed by atoms with van der Waals surface area (Å²) in [5.74, 6) is -3.91. The molecule has 0 unspecified atom stereocenters. The molecule has 2 aliphatic heterocycles. The molecule has 0 radical (unpaired) electrons. The molecule has 20 heteroatoms. The standard InChI is InChI=1S/C20H16ClF2N3O4S.C20H18FN3O4S/c1-25(31(2,29)30)18-11-4-3-5-24-17(11)19(27)16-12(18)9-26(20(16)28)8-10-6-13(21)15(23)7-14(10)22;1-23(29(2,27)28)18-14-4-3-9-22-17(14)19(25)16-15(18)11-24(20(16)26)10-12-5-7-13(21)8-6-12/h3-7,27H,8-9H2,1-2H3;3-9,25H,10-11H2,1-2H3. The number of carbonyl (C=O) groups is 2. The number of aromatic hydroxyl groups is 2. The van der Waals surface area contributed by atoms with Crippen molar-refractivity contribution < 1.29 is 49.8 Å². The van der Waals surface area contributed by atoms with E-state index < -0.39 is 43.5 Å². The molecule has 312 valence electrons. The molecule has 8 rings (SSSR count). The number of amides is 2. The molecule has 0 saturated heterocycles. The lowest BCUT2D eigenvalue weighted by Gasteiger charge is -2.22. The topological polar surface area (TPSA) is 182 Å². The third-order valence-electron chi connectivity index (χ3n) is 10.3. The zero-order valence-corrected chi connectivity index (χ0v) is 34.5. The number of nitrogens with zero attached hydrogens (tertiary/aromatic N) is 6. The van der Waals surface area contributed by atoms with Crippen LogP contribution in [0.25, 0.3) is 21.8 Å². The van der Waals surface area contributed by atoms with Crippen LogP contribution in [0.5, 0.6) is 11.5 Å². The summed E-state index contributed by atoms with van der Waals surface area (Å²) < 4.78 is 92.1. The van der Waals surface area contributed by atoms with Crippen molar-refractivity contribution in [1.29, 1.82) is 0 Å². The third kappa shape index (κ3) is 7.47. The van der Waals surface area contributed by atoms with Gasteiger partial charge in [0, 0.05) is 86.2 Å². The van der Waals surface area contributed by atoms with Gasteiger partial charge in [-0.1, -0.05) is 23.7 Å². The van der Waals surface area contributed by atoms with Crippen LogP contribution in [-0.2, 0) is 46.2 Å². The molecular weight excluding hydrogens is 849 g/mol. The van der Waals surface area contributed by atoms with E-state index in [1.54, 1.807) is 36.4 Å². The van der Waals surface area contributed by atoms with E-state index >= 15 is 0 Å². The van der Waals surface area contributed by atoms with Crippen molar-refractivity contribution in [2.45, 2.75) is 26.2 Å². The molecule has 2 amide bonds. The summed E-state index contributed by atoms with van der Waals surface area (Å²) in [4.78, 5) is 37.1. The van der Waals surface area contributed by atoms with Gasteiger partial charge >= 0.3 is 0 Å². The lowest BCUT2D eigenvalue weighted by molar-refractivity contribution is 0.0756. The molecule has 4 heterocycles. The Labute approximate surface area is 346 Å². The number of pyridine rings is 2. The van der Waals surface area contributed by atoms with E-state index in [-0.39, 0.29) is 87.5 Å². The van der Waals surface area contributed by atoms with Gasteiger partial charge in [0.1, 0.15) is 28.5 Å². The fraction of sp³-hybridized carbons (Fsp3) is 0.200. The molecule has 0 atom stereocenters. The van der Waals surface area contributed by atoms with Gasteiger partial charge in [-0.3, -0.25) is 28.2 Å². The van der Waals surface area contributed by atoms with Crippen molar-refractivity contribution in [1.82, 2.24) is 19.8 Å². The van der Waals surface area contributed by atoms with Crippen LogP contribution < -0.4 is 8.61 Å². The van der Waals surface area contributed by atoms with E-state index in [2.05, 4.69) is 9.97 Å². The van der Waals surface area contributed by atoms with E-state index in [4.69, 9.17) is 11.6 Å². The van der Waals surface area contributed by atoms with Crippen LogP contribution in [0.15, 0.2) is 73.1 Å². The van der Waals surface area contributed by atoms with Crippen LogP contribution in [0.3, 0.4) is 0 Å². The molecule has 0 spiro atoms. The van der Waals surface area contributed by atoms with E-state index in [0.717, 1.165) is 27.2 Å². The monoisotopic (exact) mass is 882 g/mol. The Kier molecular flexibility index (Phi) is 10.8. The zero-order valence-electron chi connectivity index (χ0n) is 32.1. The summed E-state index contributed by atoms with van der Waals surface area (Å²) in [5, 5.41) is 22.0. The van der Waals surface area contributed by atoms with Gasteiger partial charge in [-0.2, -0.15) is 0 Å². The number of carbonyl (C=O) groups excluding carboxylic acids is 2. The van der Waals surface area contributed by atoms with Crippen LogP contribution in [0.1, 0.15) is 43.0 Å². The molecule has 60 heavy (non-hydrogen) atoms. The summed E-state index contributed by atoms with van der Waals surface area (Å²) in [6.07, 6.45) is 4.96. The quantitative estimate of drug-likeness (QED) is 0.171. The van der Waals surface area contributed by atoms with Gasteiger partial charge < -0.3 is 20.0 Å². The number of aromatic nitrogens is 2. The zero-order chi connectivity index (χ0) is 43.6. The summed E-state index contributed by atoms with van der Waals surface area (Å²) in [5.41, 5.74) is 2.07. The second-order valence-corrected chi connectivity index (χ2v) is 18.6. The first kappa shape index (κ1) is 42.0. The van der Waals surface area contributed by atoms with Crippen molar-refractivity contribution in [3.63, 3.8) is 0 Å². The minimum Gasteiger partial charge on any atom is -0.505 e. The van der Waals surface area contributed by atoms with Crippen molar-refractivity contribution in [2.75, 3.05) is 35.2 Å². The number of halogens is 4. The van der Waals surface area contributed by atoms with Crippen LogP contribution in [-0.4, -0.2) is 85.2 Å². The van der Waals surface area contributed by atoms with E-state index in [1.807, 2.05) is 0 Å². The molecule has 0 fully saturated rings. The summed E-state index contributed by atoms with van der Waals surface area (Å²) in [7, 11) is -4.61. The maximum absolute atomic E-state index is 14.2. The molecular formula is C40H34ClF3N6O8S2. The lowest BCUT2D eigenvalue weighted by atomic mass is 10.0. The third-order valence-corrected chi connectivity index (χ3v) is 12.9. The molecule has 14 nitrogen and oxygen atoms in total. The highest BCUT2D eigenvalue weighted by Gasteiger charge is 2.39. The molecule has 4 aromatic carbocycles. The van der Waals surface area contributed by atoms with Gasteiger partial charge in [-0.25, -0.2) is 30.0 Å². The number of benzene rings is 4. The van der Waals surface area contributed by atoms with Gasteiger partial charge in [-0.05, 0) is 48.0 Å². The van der Waals surface area contributed by atoms with Crippen molar-refractivity contribution >= 4 is 76.6 Å². The smallest absolute Gasteiger partial charge is 0.258 e. The molecule has 6 aromatic rings. The molecule has 2 aromatic heterocycles. The maximum Gasteiger partial charge on any atom is 0.258 e. The fourth-order valence-electron chi connectivity index (χ4n) is 7.27. The Morgan fingerprint density at radius 3 is 1.60 bits per heavy atom. The first-order valence-corrected chi connectivity index (χ1v) is 21.9. The number of phenolic OH excluding ortho intramolecular Hbond substituents is 2. The second kappa shape index (κ2) is 15.4. The normalized spacial score (nSPS) is 13.7. The Morgan fingerprint density at radius 1 is 0.700 bits per heavy atom. The van der Waals surface area contributed by atoms with Gasteiger partial charge in [0.2, 0.25) is 20.0 Å². The molecule has 2 N–H and O–H groups in total. The molecule has 0 bridgehead atoms.